The normalized spacial score (nSPS) is 15.2. The minimum atomic E-state index is 0.0404. The van der Waals surface area contributed by atoms with Crippen LogP contribution in [0.1, 0.15) is 73.8 Å². The number of nitrogens with zero attached hydrogens (tertiary/aromatic N) is 5. The summed E-state index contributed by atoms with van der Waals surface area (Å²) in [6.45, 7) is 5.04. The van der Waals surface area contributed by atoms with Crippen LogP contribution < -0.4 is 0 Å². The van der Waals surface area contributed by atoms with Crippen molar-refractivity contribution in [3.63, 3.8) is 0 Å². The highest BCUT2D eigenvalue weighted by atomic mass is 32.2. The Kier molecular flexibility index (Phi) is 5.57. The van der Waals surface area contributed by atoms with Gasteiger partial charge in [0.1, 0.15) is 5.82 Å². The molecule has 1 aliphatic rings. The Balaban J connectivity index is 1.52. The average molecular weight is 384 g/mol. The summed E-state index contributed by atoms with van der Waals surface area (Å²) in [5.41, 5.74) is 1.26. The lowest BCUT2D eigenvalue weighted by molar-refractivity contribution is 0.374. The highest BCUT2D eigenvalue weighted by Gasteiger charge is 2.31. The first kappa shape index (κ1) is 18.2. The molecular weight excluding hydrogens is 358 g/mol. The van der Waals surface area contributed by atoms with E-state index in [0.717, 1.165) is 42.6 Å². The van der Waals surface area contributed by atoms with Crippen LogP contribution in [0.15, 0.2) is 40.0 Å². The molecule has 1 saturated carbocycles. The lowest BCUT2D eigenvalue weighted by Crippen LogP contribution is -2.06. The van der Waals surface area contributed by atoms with Gasteiger partial charge in [-0.15, -0.1) is 10.2 Å². The molecule has 4 rings (SSSR count). The zero-order valence-electron chi connectivity index (χ0n) is 15.8. The maximum Gasteiger partial charge on any atom is 0.239 e. The van der Waals surface area contributed by atoms with Crippen molar-refractivity contribution in [2.45, 2.75) is 68.8 Å². The number of rotatable bonds is 9. The van der Waals surface area contributed by atoms with E-state index < -0.39 is 0 Å². The van der Waals surface area contributed by atoms with Crippen molar-refractivity contribution in [2.75, 3.05) is 0 Å². The number of thioether (sulfide) groups is 1. The molecule has 0 N–H and O–H groups in total. The number of aromatic nitrogens is 5. The molecule has 0 amide bonds. The van der Waals surface area contributed by atoms with Crippen molar-refractivity contribution in [2.24, 2.45) is 0 Å². The van der Waals surface area contributed by atoms with Crippen LogP contribution in [0.3, 0.4) is 0 Å². The number of aryl methyl sites for hydroxylation is 1. The van der Waals surface area contributed by atoms with E-state index in [1.165, 1.54) is 18.4 Å². The van der Waals surface area contributed by atoms with Gasteiger partial charge in [0, 0.05) is 12.3 Å². The van der Waals surface area contributed by atoms with Crippen molar-refractivity contribution >= 4 is 11.8 Å². The van der Waals surface area contributed by atoms with E-state index in [0.29, 0.717) is 11.8 Å². The lowest BCUT2D eigenvalue weighted by Gasteiger charge is -2.11. The van der Waals surface area contributed by atoms with Crippen LogP contribution in [0.25, 0.3) is 0 Å². The summed E-state index contributed by atoms with van der Waals surface area (Å²) in [6, 6.07) is 10.5. The molecule has 0 aliphatic heterocycles. The second-order valence-corrected chi connectivity index (χ2v) is 8.41. The second kappa shape index (κ2) is 8.25. The first-order chi connectivity index (χ1) is 13.2. The van der Waals surface area contributed by atoms with Gasteiger partial charge in [0.25, 0.3) is 0 Å². The van der Waals surface area contributed by atoms with Gasteiger partial charge in [-0.2, -0.15) is 4.98 Å². The molecule has 0 radical (unpaired) electrons. The minimum Gasteiger partial charge on any atom is -0.338 e. The van der Waals surface area contributed by atoms with Gasteiger partial charge in [0.05, 0.1) is 11.8 Å². The fourth-order valence-electron chi connectivity index (χ4n) is 3.02. The van der Waals surface area contributed by atoms with Gasteiger partial charge < -0.3 is 9.09 Å². The number of unbranched alkanes of at least 4 members (excludes halogenated alkanes) is 1. The number of hydrogen-bond donors (Lipinski definition) is 0. The summed E-state index contributed by atoms with van der Waals surface area (Å²) in [7, 11) is 0. The Morgan fingerprint density at radius 2 is 2.04 bits per heavy atom. The van der Waals surface area contributed by atoms with Crippen molar-refractivity contribution in [1.29, 1.82) is 0 Å². The molecule has 1 atom stereocenters. The summed E-state index contributed by atoms with van der Waals surface area (Å²) in [4.78, 5) is 4.56. The molecule has 0 bridgehead atoms. The monoisotopic (exact) mass is 383 g/mol. The van der Waals surface area contributed by atoms with E-state index in [1.807, 2.05) is 6.07 Å². The fraction of sp³-hybridized carbons (Fsp3) is 0.500. The maximum absolute atomic E-state index is 5.48. The van der Waals surface area contributed by atoms with Crippen LogP contribution in [0.4, 0.5) is 0 Å². The summed E-state index contributed by atoms with van der Waals surface area (Å²) < 4.78 is 7.73. The topological polar surface area (TPSA) is 69.6 Å². The standard InChI is InChI=1S/C20H25N5OS/c1-3-4-10-17-21-19(26-24-17)14(2)27-20-23-22-18(16-11-12-16)25(20)13-15-8-6-5-7-9-15/h5-9,14,16H,3-4,10-13H2,1-2H3. The molecule has 27 heavy (non-hydrogen) atoms. The van der Waals surface area contributed by atoms with Gasteiger partial charge in [0.15, 0.2) is 11.0 Å². The highest BCUT2D eigenvalue weighted by Crippen LogP contribution is 2.41. The van der Waals surface area contributed by atoms with Crippen LogP contribution in [0, 0.1) is 0 Å². The van der Waals surface area contributed by atoms with Crippen molar-refractivity contribution in [3.05, 3.63) is 53.4 Å². The van der Waals surface area contributed by atoms with Gasteiger partial charge in [-0.05, 0) is 31.7 Å². The van der Waals surface area contributed by atoms with Gasteiger partial charge in [-0.3, -0.25) is 0 Å². The molecule has 0 saturated heterocycles. The minimum absolute atomic E-state index is 0.0404. The van der Waals surface area contributed by atoms with E-state index in [4.69, 9.17) is 4.52 Å². The lowest BCUT2D eigenvalue weighted by atomic mass is 10.2. The van der Waals surface area contributed by atoms with Crippen LogP contribution in [-0.2, 0) is 13.0 Å². The smallest absolute Gasteiger partial charge is 0.239 e. The molecule has 1 fully saturated rings. The van der Waals surface area contributed by atoms with Crippen LogP contribution >= 0.6 is 11.8 Å². The van der Waals surface area contributed by atoms with Gasteiger partial charge in [0.2, 0.25) is 5.89 Å². The predicted octanol–water partition coefficient (Wildman–Crippen LogP) is 4.78. The first-order valence-corrected chi connectivity index (χ1v) is 10.6. The molecule has 1 aromatic carbocycles. The number of hydrogen-bond acceptors (Lipinski definition) is 6. The van der Waals surface area contributed by atoms with Crippen LogP contribution in [-0.4, -0.2) is 24.9 Å². The fourth-order valence-corrected chi connectivity index (χ4v) is 3.91. The second-order valence-electron chi connectivity index (χ2n) is 7.10. The summed E-state index contributed by atoms with van der Waals surface area (Å²) >= 11 is 1.64. The third kappa shape index (κ3) is 4.40. The Hall–Kier alpha value is -2.15. The molecule has 0 spiro atoms. The highest BCUT2D eigenvalue weighted by molar-refractivity contribution is 7.99. The van der Waals surface area contributed by atoms with Gasteiger partial charge >= 0.3 is 0 Å². The largest absolute Gasteiger partial charge is 0.338 e. The Labute approximate surface area is 163 Å². The molecule has 1 unspecified atom stereocenters. The summed E-state index contributed by atoms with van der Waals surface area (Å²) in [6.07, 6.45) is 5.49. The molecule has 7 heteroatoms. The van der Waals surface area contributed by atoms with E-state index in [-0.39, 0.29) is 5.25 Å². The molecule has 1 aliphatic carbocycles. The van der Waals surface area contributed by atoms with E-state index >= 15 is 0 Å². The number of benzene rings is 1. The molecule has 3 aromatic rings. The maximum atomic E-state index is 5.48. The zero-order chi connectivity index (χ0) is 18.6. The third-order valence-corrected chi connectivity index (χ3v) is 5.81. The molecule has 6 nitrogen and oxygen atoms in total. The Morgan fingerprint density at radius 3 is 2.78 bits per heavy atom. The van der Waals surface area contributed by atoms with Gasteiger partial charge in [-0.1, -0.05) is 60.6 Å². The van der Waals surface area contributed by atoms with E-state index in [2.05, 4.69) is 63.0 Å². The summed E-state index contributed by atoms with van der Waals surface area (Å²) in [5, 5.41) is 14.0. The van der Waals surface area contributed by atoms with Crippen LogP contribution in [0.5, 0.6) is 0 Å². The van der Waals surface area contributed by atoms with Crippen molar-refractivity contribution in [1.82, 2.24) is 24.9 Å². The predicted molar refractivity (Wildman–Crippen MR) is 105 cm³/mol. The third-order valence-electron chi connectivity index (χ3n) is 4.74. The average Bonchev–Trinajstić information content (AvgIpc) is 3.29. The SMILES string of the molecule is CCCCc1noc(C(C)Sc2nnc(C3CC3)n2Cc2ccccc2)n1. The Bertz CT molecular complexity index is 872. The first-order valence-electron chi connectivity index (χ1n) is 9.70. The molecule has 2 heterocycles. The van der Waals surface area contributed by atoms with Gasteiger partial charge in [-0.25, -0.2) is 0 Å². The quantitative estimate of drug-likeness (QED) is 0.495. The van der Waals surface area contributed by atoms with Crippen molar-refractivity contribution in [3.8, 4) is 0 Å². The zero-order valence-corrected chi connectivity index (χ0v) is 16.7. The summed E-state index contributed by atoms with van der Waals surface area (Å²) in [5.74, 6) is 3.11. The Morgan fingerprint density at radius 1 is 1.22 bits per heavy atom. The van der Waals surface area contributed by atoms with E-state index in [9.17, 15) is 0 Å². The van der Waals surface area contributed by atoms with Crippen molar-refractivity contribution < 1.29 is 4.52 Å². The molecule has 142 valence electrons. The van der Waals surface area contributed by atoms with E-state index in [1.54, 1.807) is 11.8 Å². The molecule has 2 aromatic heterocycles. The molecular formula is C20H25N5OS. The van der Waals surface area contributed by atoms with Crippen LogP contribution in [0.2, 0.25) is 0 Å².